The lowest BCUT2D eigenvalue weighted by atomic mass is 10.1. The maximum absolute atomic E-state index is 12.7. The van der Waals surface area contributed by atoms with Crippen molar-refractivity contribution in [1.82, 2.24) is 14.8 Å². The molecule has 4 aromatic rings. The Morgan fingerprint density at radius 1 is 0.938 bits per heavy atom. The number of hydrogen-bond donors (Lipinski definition) is 2. The summed E-state index contributed by atoms with van der Waals surface area (Å²) in [7, 11) is -1.96. The van der Waals surface area contributed by atoms with Crippen molar-refractivity contribution in [2.45, 2.75) is 25.7 Å². The average Bonchev–Trinajstić information content (AvgIpc) is 3.03. The molecule has 0 saturated carbocycles. The van der Waals surface area contributed by atoms with Gasteiger partial charge in [0.15, 0.2) is 5.65 Å². The number of nitrogens with zero attached hydrogens (tertiary/aromatic N) is 3. The molecule has 2 aromatic heterocycles. The number of sulfonamides is 1. The van der Waals surface area contributed by atoms with Crippen LogP contribution in [0, 0.1) is 20.8 Å². The van der Waals surface area contributed by atoms with Crippen LogP contribution in [0.4, 0.5) is 11.4 Å². The summed E-state index contributed by atoms with van der Waals surface area (Å²) in [6.45, 7) is 5.76. The highest BCUT2D eigenvalue weighted by molar-refractivity contribution is 7.92. The first-order valence-corrected chi connectivity index (χ1v) is 11.4. The normalized spacial score (nSPS) is 11.5. The Morgan fingerprint density at radius 3 is 2.34 bits per heavy atom. The Bertz CT molecular complexity index is 1440. The predicted molar refractivity (Wildman–Crippen MR) is 124 cm³/mol. The fraction of sp³-hybridized carbons (Fsp3) is 0.174. The molecule has 0 fully saturated rings. The highest BCUT2D eigenvalue weighted by Crippen LogP contribution is 2.21. The molecule has 0 aliphatic rings. The number of anilines is 2. The number of pyridine rings is 1. The molecule has 0 aliphatic carbocycles. The summed E-state index contributed by atoms with van der Waals surface area (Å²) in [6, 6.07) is 12.9. The monoisotopic (exact) mass is 449 g/mol. The van der Waals surface area contributed by atoms with Gasteiger partial charge in [-0.1, -0.05) is 6.07 Å². The summed E-state index contributed by atoms with van der Waals surface area (Å²) in [5.41, 5.74) is 4.97. The van der Waals surface area contributed by atoms with Crippen molar-refractivity contribution in [3.05, 3.63) is 77.1 Å². The molecule has 164 valence electrons. The van der Waals surface area contributed by atoms with Crippen molar-refractivity contribution < 1.29 is 13.2 Å². The predicted octanol–water partition coefficient (Wildman–Crippen LogP) is 3.95. The second kappa shape index (κ2) is 8.08. The van der Waals surface area contributed by atoms with Crippen molar-refractivity contribution in [3.63, 3.8) is 0 Å². The number of amides is 1. The number of benzene rings is 2. The third-order valence-electron chi connectivity index (χ3n) is 5.31. The van der Waals surface area contributed by atoms with Crippen LogP contribution in [-0.4, -0.2) is 29.1 Å². The second-order valence-corrected chi connectivity index (χ2v) is 9.37. The first kappa shape index (κ1) is 21.5. The number of hydrogen-bond acceptors (Lipinski definition) is 5. The van der Waals surface area contributed by atoms with E-state index in [0.29, 0.717) is 16.9 Å². The van der Waals surface area contributed by atoms with Gasteiger partial charge >= 0.3 is 0 Å². The van der Waals surface area contributed by atoms with Crippen LogP contribution in [0.2, 0.25) is 0 Å². The summed E-state index contributed by atoms with van der Waals surface area (Å²) >= 11 is 0. The molecular formula is C23H23N5O3S. The van der Waals surface area contributed by atoms with E-state index >= 15 is 0 Å². The van der Waals surface area contributed by atoms with E-state index in [-0.39, 0.29) is 10.8 Å². The molecule has 32 heavy (non-hydrogen) atoms. The van der Waals surface area contributed by atoms with Gasteiger partial charge in [0.05, 0.1) is 22.5 Å². The molecule has 4 rings (SSSR count). The number of aryl methyl sites for hydroxylation is 4. The summed E-state index contributed by atoms with van der Waals surface area (Å²) in [5.74, 6) is -0.362. The lowest BCUT2D eigenvalue weighted by Crippen LogP contribution is -2.15. The zero-order valence-electron chi connectivity index (χ0n) is 18.2. The third kappa shape index (κ3) is 4.19. The summed E-state index contributed by atoms with van der Waals surface area (Å²) in [5, 5.41) is 7.96. The smallest absolute Gasteiger partial charge is 0.261 e. The Balaban J connectivity index is 1.50. The minimum Gasteiger partial charge on any atom is -0.321 e. The average molecular weight is 450 g/mol. The summed E-state index contributed by atoms with van der Waals surface area (Å²) < 4.78 is 29.7. The number of nitrogens with one attached hydrogen (secondary N) is 2. The van der Waals surface area contributed by atoms with E-state index in [2.05, 4.69) is 20.1 Å². The number of rotatable bonds is 5. The van der Waals surface area contributed by atoms with Gasteiger partial charge in [-0.25, -0.2) is 13.4 Å². The van der Waals surface area contributed by atoms with Crippen LogP contribution in [0.25, 0.3) is 11.0 Å². The molecule has 0 atom stereocenters. The van der Waals surface area contributed by atoms with Crippen molar-refractivity contribution >= 4 is 38.3 Å². The fourth-order valence-electron chi connectivity index (χ4n) is 3.38. The molecule has 1 amide bonds. The topological polar surface area (TPSA) is 106 Å². The zero-order chi connectivity index (χ0) is 23.0. The number of carbonyl (C=O) groups excluding carboxylic acids is 1. The quantitative estimate of drug-likeness (QED) is 0.480. The van der Waals surface area contributed by atoms with Gasteiger partial charge in [0.2, 0.25) is 0 Å². The highest BCUT2D eigenvalue weighted by Gasteiger charge is 2.16. The number of carbonyl (C=O) groups is 1. The Morgan fingerprint density at radius 2 is 1.66 bits per heavy atom. The van der Waals surface area contributed by atoms with Crippen LogP contribution in [0.3, 0.4) is 0 Å². The summed E-state index contributed by atoms with van der Waals surface area (Å²) in [4.78, 5) is 17.1. The largest absolute Gasteiger partial charge is 0.321 e. The van der Waals surface area contributed by atoms with E-state index in [1.54, 1.807) is 23.0 Å². The molecule has 0 radical (unpaired) electrons. The Labute approximate surface area is 186 Å². The lowest BCUT2D eigenvalue weighted by Gasteiger charge is -2.11. The van der Waals surface area contributed by atoms with Gasteiger partial charge in [-0.05, 0) is 74.4 Å². The Kier molecular flexibility index (Phi) is 5.43. The van der Waals surface area contributed by atoms with Crippen molar-refractivity contribution in [3.8, 4) is 0 Å². The first-order chi connectivity index (χ1) is 15.1. The molecule has 2 N–H and O–H groups in total. The Hall–Kier alpha value is -3.72. The van der Waals surface area contributed by atoms with E-state index in [4.69, 9.17) is 0 Å². The first-order valence-electron chi connectivity index (χ1n) is 9.95. The lowest BCUT2D eigenvalue weighted by molar-refractivity contribution is 0.102. The van der Waals surface area contributed by atoms with E-state index in [0.717, 1.165) is 27.9 Å². The van der Waals surface area contributed by atoms with E-state index < -0.39 is 10.0 Å². The molecule has 0 bridgehead atoms. The van der Waals surface area contributed by atoms with Crippen LogP contribution in [0.5, 0.6) is 0 Å². The standard InChI is InChI=1S/C23H23N5O3S/c1-14-5-8-18(11-15(14)2)27-32(30,31)20-9-6-17(7-10-20)23(29)25-19-12-21-16(3)26-28(4)22(21)24-13-19/h5-13,27H,1-4H3,(H,25,29). The molecule has 0 aliphatic heterocycles. The van der Waals surface area contributed by atoms with Gasteiger partial charge < -0.3 is 5.32 Å². The summed E-state index contributed by atoms with van der Waals surface area (Å²) in [6.07, 6.45) is 1.56. The van der Waals surface area contributed by atoms with E-state index in [9.17, 15) is 13.2 Å². The molecule has 8 nitrogen and oxygen atoms in total. The van der Waals surface area contributed by atoms with Crippen molar-refractivity contribution in [1.29, 1.82) is 0 Å². The minimum atomic E-state index is -3.77. The molecule has 0 saturated heterocycles. The van der Waals surface area contributed by atoms with Gasteiger partial charge in [-0.15, -0.1) is 0 Å². The van der Waals surface area contributed by atoms with Crippen LogP contribution >= 0.6 is 0 Å². The SMILES string of the molecule is Cc1ccc(NS(=O)(=O)c2ccc(C(=O)Nc3cnc4c(c3)c(C)nn4C)cc2)cc1C. The molecule has 2 aromatic carbocycles. The molecule has 9 heteroatoms. The number of fused-ring (bicyclic) bond motifs is 1. The highest BCUT2D eigenvalue weighted by atomic mass is 32.2. The van der Waals surface area contributed by atoms with Crippen molar-refractivity contribution in [2.75, 3.05) is 10.0 Å². The minimum absolute atomic E-state index is 0.0707. The van der Waals surface area contributed by atoms with Crippen LogP contribution < -0.4 is 10.0 Å². The molecule has 0 spiro atoms. The van der Waals surface area contributed by atoms with Crippen LogP contribution in [-0.2, 0) is 17.1 Å². The van der Waals surface area contributed by atoms with Crippen LogP contribution in [0.1, 0.15) is 27.2 Å². The molecule has 2 heterocycles. The van der Waals surface area contributed by atoms with Gasteiger partial charge in [0.1, 0.15) is 0 Å². The van der Waals surface area contributed by atoms with Gasteiger partial charge in [0.25, 0.3) is 15.9 Å². The van der Waals surface area contributed by atoms with Crippen molar-refractivity contribution in [2.24, 2.45) is 7.05 Å². The van der Waals surface area contributed by atoms with E-state index in [1.807, 2.05) is 40.0 Å². The van der Waals surface area contributed by atoms with Gasteiger partial charge in [-0.2, -0.15) is 5.10 Å². The maximum Gasteiger partial charge on any atom is 0.261 e. The third-order valence-corrected chi connectivity index (χ3v) is 6.70. The van der Waals surface area contributed by atoms with E-state index in [1.165, 1.54) is 24.3 Å². The van der Waals surface area contributed by atoms with Crippen LogP contribution in [0.15, 0.2) is 59.6 Å². The zero-order valence-corrected chi connectivity index (χ0v) is 19.0. The second-order valence-electron chi connectivity index (χ2n) is 7.69. The fourth-order valence-corrected chi connectivity index (χ4v) is 4.43. The maximum atomic E-state index is 12.7. The molecular weight excluding hydrogens is 426 g/mol. The molecule has 0 unspecified atom stereocenters. The van der Waals surface area contributed by atoms with Gasteiger partial charge in [0, 0.05) is 23.7 Å². The van der Waals surface area contributed by atoms with Gasteiger partial charge in [-0.3, -0.25) is 14.2 Å². The number of aromatic nitrogens is 3.